The molecule has 0 atom stereocenters. The van der Waals surface area contributed by atoms with Crippen LogP contribution in [-0.2, 0) is 11.3 Å². The number of aromatic amines is 1. The normalized spacial score (nSPS) is 14.8. The number of para-hydroxylation sites is 1. The van der Waals surface area contributed by atoms with Crippen LogP contribution in [0.5, 0.6) is 0 Å². The third-order valence-electron chi connectivity index (χ3n) is 5.11. The van der Waals surface area contributed by atoms with Crippen molar-refractivity contribution in [3.05, 3.63) is 72.3 Å². The van der Waals surface area contributed by atoms with Crippen molar-refractivity contribution in [3.63, 3.8) is 0 Å². The number of hydrogen-bond donors (Lipinski definition) is 2. The Morgan fingerprint density at radius 1 is 1.10 bits per heavy atom. The summed E-state index contributed by atoms with van der Waals surface area (Å²) in [5.41, 5.74) is 3.73. The van der Waals surface area contributed by atoms with E-state index in [1.54, 1.807) is 16.9 Å². The first-order valence-corrected chi connectivity index (χ1v) is 9.96. The predicted octanol–water partition coefficient (Wildman–Crippen LogP) is 2.83. The van der Waals surface area contributed by atoms with E-state index in [9.17, 15) is 4.79 Å². The second kappa shape index (κ2) is 8.10. The van der Waals surface area contributed by atoms with Crippen LogP contribution in [0, 0.1) is 0 Å². The summed E-state index contributed by atoms with van der Waals surface area (Å²) < 4.78 is 7.08. The topological polar surface area (TPSA) is 88.1 Å². The summed E-state index contributed by atoms with van der Waals surface area (Å²) in [6.07, 6.45) is 1.78. The van der Waals surface area contributed by atoms with Gasteiger partial charge in [0.25, 0.3) is 5.91 Å². The minimum atomic E-state index is -0.253. The predicted molar refractivity (Wildman–Crippen MR) is 114 cm³/mol. The van der Waals surface area contributed by atoms with E-state index < -0.39 is 0 Å². The Morgan fingerprint density at radius 2 is 1.93 bits per heavy atom. The lowest BCUT2D eigenvalue weighted by atomic mass is 10.2. The first-order valence-electron chi connectivity index (χ1n) is 9.96. The van der Waals surface area contributed by atoms with Gasteiger partial charge < -0.3 is 15.0 Å². The molecule has 2 aromatic carbocycles. The molecule has 8 nitrogen and oxygen atoms in total. The molecule has 8 heteroatoms. The van der Waals surface area contributed by atoms with E-state index in [0.717, 1.165) is 55.4 Å². The minimum absolute atomic E-state index is 0.253. The van der Waals surface area contributed by atoms with Gasteiger partial charge in [0.15, 0.2) is 5.69 Å². The third-order valence-corrected chi connectivity index (χ3v) is 5.11. The average molecular weight is 402 g/mol. The molecular formula is C22H22N6O2. The highest BCUT2D eigenvalue weighted by atomic mass is 16.5. The lowest BCUT2D eigenvalue weighted by Gasteiger charge is -2.25. The molecule has 0 bridgehead atoms. The molecule has 3 heterocycles. The number of rotatable bonds is 5. The molecule has 0 spiro atoms. The largest absolute Gasteiger partial charge is 0.379 e. The van der Waals surface area contributed by atoms with Crippen LogP contribution >= 0.6 is 0 Å². The fourth-order valence-electron chi connectivity index (χ4n) is 3.55. The summed E-state index contributed by atoms with van der Waals surface area (Å²) >= 11 is 0. The van der Waals surface area contributed by atoms with Crippen molar-refractivity contribution in [1.29, 1.82) is 0 Å². The van der Waals surface area contributed by atoms with E-state index in [1.807, 2.05) is 48.5 Å². The quantitative estimate of drug-likeness (QED) is 0.536. The monoisotopic (exact) mass is 402 g/mol. The van der Waals surface area contributed by atoms with E-state index in [2.05, 4.69) is 25.3 Å². The molecule has 152 valence electrons. The second-order valence-corrected chi connectivity index (χ2v) is 7.24. The van der Waals surface area contributed by atoms with Crippen LogP contribution in [0.3, 0.4) is 0 Å². The first kappa shape index (κ1) is 18.5. The Balaban J connectivity index is 1.29. The van der Waals surface area contributed by atoms with Crippen LogP contribution < -0.4 is 5.32 Å². The molecule has 0 saturated carbocycles. The van der Waals surface area contributed by atoms with Gasteiger partial charge in [0, 0.05) is 25.0 Å². The molecule has 30 heavy (non-hydrogen) atoms. The number of H-pyrrole nitrogens is 1. The summed E-state index contributed by atoms with van der Waals surface area (Å²) in [6.45, 7) is 4.10. The van der Waals surface area contributed by atoms with Crippen molar-refractivity contribution >= 4 is 22.6 Å². The van der Waals surface area contributed by atoms with Crippen LogP contribution in [0.25, 0.3) is 16.7 Å². The molecule has 0 unspecified atom stereocenters. The Hall–Kier alpha value is -3.49. The van der Waals surface area contributed by atoms with Crippen LogP contribution in [-0.4, -0.2) is 56.9 Å². The maximum absolute atomic E-state index is 12.6. The molecule has 1 aliphatic heterocycles. The Bertz CT molecular complexity index is 1160. The highest BCUT2D eigenvalue weighted by Gasteiger charge is 2.14. The van der Waals surface area contributed by atoms with Crippen LogP contribution in [0.15, 0.2) is 60.8 Å². The molecule has 0 radical (unpaired) electrons. The number of amides is 1. The molecule has 0 aliphatic carbocycles. The fraction of sp³-hybridized carbons (Fsp3) is 0.227. The van der Waals surface area contributed by atoms with Gasteiger partial charge in [-0.1, -0.05) is 18.2 Å². The third kappa shape index (κ3) is 3.96. The zero-order chi connectivity index (χ0) is 20.3. The summed E-state index contributed by atoms with van der Waals surface area (Å²) in [6, 6.07) is 17.1. The van der Waals surface area contributed by atoms with Gasteiger partial charge in [0.2, 0.25) is 0 Å². The smallest absolute Gasteiger partial charge is 0.276 e. The highest BCUT2D eigenvalue weighted by molar-refractivity contribution is 6.03. The van der Waals surface area contributed by atoms with Gasteiger partial charge in [-0.25, -0.2) is 9.67 Å². The SMILES string of the molecule is O=C(Nc1ccc2nc(CN3CCOCC3)[nH]c2c1)c1ccn(-c2ccccc2)n1. The van der Waals surface area contributed by atoms with E-state index in [0.29, 0.717) is 11.4 Å². The number of imidazole rings is 1. The number of ether oxygens (including phenoxy) is 1. The number of benzene rings is 2. The fourth-order valence-corrected chi connectivity index (χ4v) is 3.55. The average Bonchev–Trinajstić information content (AvgIpc) is 3.42. The number of morpholine rings is 1. The second-order valence-electron chi connectivity index (χ2n) is 7.24. The Labute approximate surface area is 173 Å². The van der Waals surface area contributed by atoms with Gasteiger partial charge in [-0.15, -0.1) is 0 Å². The molecule has 2 N–H and O–H groups in total. The van der Waals surface area contributed by atoms with Crippen molar-refractivity contribution in [3.8, 4) is 5.69 Å². The van der Waals surface area contributed by atoms with Gasteiger partial charge in [-0.2, -0.15) is 5.10 Å². The van der Waals surface area contributed by atoms with Crippen molar-refractivity contribution in [2.24, 2.45) is 0 Å². The zero-order valence-corrected chi connectivity index (χ0v) is 16.4. The van der Waals surface area contributed by atoms with Crippen molar-refractivity contribution < 1.29 is 9.53 Å². The van der Waals surface area contributed by atoms with Crippen LogP contribution in [0.2, 0.25) is 0 Å². The summed E-state index contributed by atoms with van der Waals surface area (Å²) in [7, 11) is 0. The van der Waals surface area contributed by atoms with Crippen molar-refractivity contribution in [2.75, 3.05) is 31.6 Å². The molecule has 1 fully saturated rings. The Morgan fingerprint density at radius 3 is 2.77 bits per heavy atom. The Kier molecular flexibility index (Phi) is 5.00. The van der Waals surface area contributed by atoms with Crippen LogP contribution in [0.4, 0.5) is 5.69 Å². The highest BCUT2D eigenvalue weighted by Crippen LogP contribution is 2.19. The maximum atomic E-state index is 12.6. The summed E-state index contributed by atoms with van der Waals surface area (Å²) in [4.78, 5) is 23.0. The summed E-state index contributed by atoms with van der Waals surface area (Å²) in [5, 5.41) is 7.29. The minimum Gasteiger partial charge on any atom is -0.379 e. The number of nitrogens with zero attached hydrogens (tertiary/aromatic N) is 4. The van der Waals surface area contributed by atoms with Crippen molar-refractivity contribution in [1.82, 2.24) is 24.6 Å². The molecule has 1 saturated heterocycles. The maximum Gasteiger partial charge on any atom is 0.276 e. The van der Waals surface area contributed by atoms with E-state index >= 15 is 0 Å². The van der Waals surface area contributed by atoms with Crippen LogP contribution in [0.1, 0.15) is 16.3 Å². The van der Waals surface area contributed by atoms with E-state index in [-0.39, 0.29) is 5.91 Å². The van der Waals surface area contributed by atoms with Gasteiger partial charge in [-0.3, -0.25) is 9.69 Å². The van der Waals surface area contributed by atoms with Gasteiger partial charge in [-0.05, 0) is 36.4 Å². The number of hydrogen-bond acceptors (Lipinski definition) is 5. The van der Waals surface area contributed by atoms with E-state index in [1.165, 1.54) is 0 Å². The first-order chi connectivity index (χ1) is 14.7. The number of aromatic nitrogens is 4. The molecular weight excluding hydrogens is 380 g/mol. The van der Waals surface area contributed by atoms with Gasteiger partial charge in [0.05, 0.1) is 36.5 Å². The lowest BCUT2D eigenvalue weighted by Crippen LogP contribution is -2.35. The molecule has 2 aromatic heterocycles. The number of carbonyl (C=O) groups is 1. The molecule has 4 aromatic rings. The number of anilines is 1. The van der Waals surface area contributed by atoms with Crippen molar-refractivity contribution in [2.45, 2.75) is 6.54 Å². The lowest BCUT2D eigenvalue weighted by molar-refractivity contribution is 0.0332. The molecule has 1 aliphatic rings. The van der Waals surface area contributed by atoms with Gasteiger partial charge >= 0.3 is 0 Å². The number of fused-ring (bicyclic) bond motifs is 1. The zero-order valence-electron chi connectivity index (χ0n) is 16.4. The molecule has 1 amide bonds. The number of nitrogens with one attached hydrogen (secondary N) is 2. The molecule has 5 rings (SSSR count). The van der Waals surface area contributed by atoms with Gasteiger partial charge in [0.1, 0.15) is 5.82 Å². The number of carbonyl (C=O) groups excluding carboxylic acids is 1. The standard InChI is InChI=1S/C22H22N6O2/c29-22(19-8-9-28(26-19)17-4-2-1-3-5-17)23-16-6-7-18-20(14-16)25-21(24-18)15-27-10-12-30-13-11-27/h1-9,14H,10-13,15H2,(H,23,29)(H,24,25). The summed E-state index contributed by atoms with van der Waals surface area (Å²) in [5.74, 6) is 0.661. The van der Waals surface area contributed by atoms with E-state index in [4.69, 9.17) is 4.74 Å².